The summed E-state index contributed by atoms with van der Waals surface area (Å²) in [6.07, 6.45) is 2.73. The van der Waals surface area contributed by atoms with Gasteiger partial charge in [-0.25, -0.2) is 19.0 Å². The predicted octanol–water partition coefficient (Wildman–Crippen LogP) is 0.995. The van der Waals surface area contributed by atoms with Crippen molar-refractivity contribution in [3.8, 4) is 11.4 Å². The molecule has 0 bridgehead atoms. The minimum Gasteiger partial charge on any atom is -0.408 e. The molecule has 1 atom stereocenters. The van der Waals surface area contributed by atoms with Crippen LogP contribution in [0.5, 0.6) is 0 Å². The van der Waals surface area contributed by atoms with Crippen LogP contribution in [-0.2, 0) is 20.0 Å². The van der Waals surface area contributed by atoms with E-state index in [4.69, 9.17) is 4.42 Å². The fraction of sp³-hybridized carbons (Fsp3) is 0.185. The lowest BCUT2D eigenvalue weighted by Crippen LogP contribution is -2.32. The van der Waals surface area contributed by atoms with E-state index in [-0.39, 0.29) is 29.6 Å². The number of benzene rings is 2. The maximum Gasteiger partial charge on any atom is 0.419 e. The van der Waals surface area contributed by atoms with Gasteiger partial charge in [0.2, 0.25) is 5.82 Å². The van der Waals surface area contributed by atoms with Gasteiger partial charge < -0.3 is 20.0 Å². The SMILES string of the molecule is Cn1c(=O)oc2ccc(CNC(=O)c3cc(C(=O)N[C@H]4CCc5cc(-c6nn[nH]n6)ccc54)n4c(=O)[nH]cc4n3)cc21. The number of nitrogens with zero attached hydrogens (tertiary/aromatic N) is 6. The molecule has 0 fully saturated rings. The van der Waals surface area contributed by atoms with Crippen molar-refractivity contribution in [2.45, 2.75) is 25.4 Å². The first-order valence-electron chi connectivity index (χ1n) is 13.0. The number of oxazole rings is 1. The van der Waals surface area contributed by atoms with Crippen molar-refractivity contribution in [1.82, 2.24) is 50.2 Å². The number of aromatic amines is 2. The van der Waals surface area contributed by atoms with Crippen molar-refractivity contribution in [2.75, 3.05) is 0 Å². The zero-order chi connectivity index (χ0) is 29.0. The van der Waals surface area contributed by atoms with Crippen molar-refractivity contribution >= 4 is 28.6 Å². The molecule has 210 valence electrons. The Morgan fingerprint density at radius 1 is 1.12 bits per heavy atom. The molecular formula is C27H22N10O5. The summed E-state index contributed by atoms with van der Waals surface area (Å²) in [5, 5.41) is 19.8. The highest BCUT2D eigenvalue weighted by molar-refractivity contribution is 5.98. The molecule has 15 nitrogen and oxygen atoms in total. The first-order valence-corrected chi connectivity index (χ1v) is 13.0. The van der Waals surface area contributed by atoms with Crippen LogP contribution >= 0.6 is 0 Å². The Morgan fingerprint density at radius 3 is 2.83 bits per heavy atom. The number of tetrazole rings is 1. The highest BCUT2D eigenvalue weighted by atomic mass is 16.4. The molecule has 0 aliphatic heterocycles. The van der Waals surface area contributed by atoms with Crippen LogP contribution in [-0.4, -0.2) is 51.4 Å². The number of nitrogens with one attached hydrogen (secondary N) is 4. The average molecular weight is 567 g/mol. The number of hydrogen-bond acceptors (Lipinski definition) is 9. The van der Waals surface area contributed by atoms with Gasteiger partial charge in [-0.15, -0.1) is 10.2 Å². The topological polar surface area (TPSA) is 198 Å². The highest BCUT2D eigenvalue weighted by Gasteiger charge is 2.27. The van der Waals surface area contributed by atoms with E-state index in [9.17, 15) is 19.2 Å². The molecule has 4 heterocycles. The third-order valence-corrected chi connectivity index (χ3v) is 7.41. The Bertz CT molecular complexity index is 2140. The molecule has 2 aromatic carbocycles. The van der Waals surface area contributed by atoms with E-state index < -0.39 is 23.3 Å². The van der Waals surface area contributed by atoms with Gasteiger partial charge in [-0.3, -0.25) is 14.2 Å². The molecule has 7 rings (SSSR count). The third kappa shape index (κ3) is 4.23. The van der Waals surface area contributed by atoms with Crippen LogP contribution in [0.3, 0.4) is 0 Å². The van der Waals surface area contributed by atoms with Gasteiger partial charge in [0.15, 0.2) is 11.2 Å². The van der Waals surface area contributed by atoms with E-state index in [1.807, 2.05) is 18.2 Å². The Hall–Kier alpha value is -5.86. The molecular weight excluding hydrogens is 544 g/mol. The number of carbonyl (C=O) groups excluding carboxylic acids is 2. The van der Waals surface area contributed by atoms with Crippen LogP contribution in [0.2, 0.25) is 0 Å². The van der Waals surface area contributed by atoms with Gasteiger partial charge in [0.25, 0.3) is 11.8 Å². The maximum absolute atomic E-state index is 13.5. The fourth-order valence-electron chi connectivity index (χ4n) is 5.29. The number of carbonyl (C=O) groups is 2. The van der Waals surface area contributed by atoms with Gasteiger partial charge in [-0.1, -0.05) is 18.2 Å². The Kier molecular flexibility index (Phi) is 5.78. The number of rotatable bonds is 6. The number of imidazole rings is 1. The lowest BCUT2D eigenvalue weighted by atomic mass is 10.0. The second kappa shape index (κ2) is 9.65. The molecule has 6 aromatic rings. The number of aryl methyl sites for hydroxylation is 2. The summed E-state index contributed by atoms with van der Waals surface area (Å²) >= 11 is 0. The second-order valence-corrected chi connectivity index (χ2v) is 9.94. The number of amides is 2. The number of aromatic nitrogens is 8. The van der Waals surface area contributed by atoms with Crippen LogP contribution in [0.15, 0.2) is 62.7 Å². The van der Waals surface area contributed by atoms with Crippen molar-refractivity contribution in [2.24, 2.45) is 7.05 Å². The van der Waals surface area contributed by atoms with Gasteiger partial charge >= 0.3 is 11.4 Å². The first kappa shape index (κ1) is 25.1. The quantitative estimate of drug-likeness (QED) is 0.227. The number of fused-ring (bicyclic) bond motifs is 3. The van der Waals surface area contributed by atoms with Crippen LogP contribution < -0.4 is 22.1 Å². The predicted molar refractivity (Wildman–Crippen MR) is 147 cm³/mol. The summed E-state index contributed by atoms with van der Waals surface area (Å²) in [4.78, 5) is 57.8. The lowest BCUT2D eigenvalue weighted by Gasteiger charge is -2.15. The molecule has 0 saturated heterocycles. The molecule has 0 unspecified atom stereocenters. The molecule has 2 amide bonds. The van der Waals surface area contributed by atoms with E-state index in [1.165, 1.54) is 16.8 Å². The van der Waals surface area contributed by atoms with Crippen LogP contribution in [0, 0.1) is 0 Å². The first-order chi connectivity index (χ1) is 20.4. The Labute approximate surface area is 234 Å². The van der Waals surface area contributed by atoms with E-state index in [2.05, 4.69) is 41.2 Å². The van der Waals surface area contributed by atoms with Crippen LogP contribution in [0.25, 0.3) is 28.1 Å². The molecule has 1 aliphatic rings. The average Bonchev–Trinajstić information content (AvgIpc) is 3.80. The standard InChI is InChI=1S/C27H22N10O5/c1-36-19-8-13(2-7-21(19)42-27(36)41)11-28-24(38)18-10-20(37-22(30-18)12-29-26(37)40)25(39)31-17-6-4-14-9-15(3-5-16(14)17)23-32-34-35-33-23/h2-3,5,7-10,12,17H,4,6,11H2,1H3,(H,28,38)(H,29,40)(H,31,39)(H,32,33,34,35)/t17-/m0/s1. The number of hydrogen-bond donors (Lipinski definition) is 4. The molecule has 0 saturated carbocycles. The molecule has 4 aromatic heterocycles. The van der Waals surface area contributed by atoms with Crippen LogP contribution in [0.1, 0.15) is 50.1 Å². The zero-order valence-electron chi connectivity index (χ0n) is 22.0. The Balaban J connectivity index is 1.13. The van der Waals surface area contributed by atoms with Gasteiger partial charge in [0.1, 0.15) is 11.4 Å². The van der Waals surface area contributed by atoms with Crippen molar-refractivity contribution < 1.29 is 14.0 Å². The summed E-state index contributed by atoms with van der Waals surface area (Å²) in [7, 11) is 1.60. The van der Waals surface area contributed by atoms with E-state index in [0.717, 1.165) is 33.1 Å². The van der Waals surface area contributed by atoms with Crippen molar-refractivity contribution in [1.29, 1.82) is 0 Å². The van der Waals surface area contributed by atoms with E-state index >= 15 is 0 Å². The Morgan fingerprint density at radius 2 is 2.00 bits per heavy atom. The van der Waals surface area contributed by atoms with Gasteiger partial charge in [-0.05, 0) is 59.0 Å². The van der Waals surface area contributed by atoms with Gasteiger partial charge in [-0.2, -0.15) is 5.21 Å². The van der Waals surface area contributed by atoms with Gasteiger partial charge in [0.05, 0.1) is 11.6 Å². The molecule has 0 spiro atoms. The zero-order valence-corrected chi connectivity index (χ0v) is 22.0. The van der Waals surface area contributed by atoms with Crippen LogP contribution in [0.4, 0.5) is 0 Å². The summed E-state index contributed by atoms with van der Waals surface area (Å²) in [5.41, 5.74) is 4.10. The van der Waals surface area contributed by atoms with Gasteiger partial charge in [0, 0.05) is 25.4 Å². The monoisotopic (exact) mass is 566 g/mol. The lowest BCUT2D eigenvalue weighted by molar-refractivity contribution is 0.0929. The minimum atomic E-state index is -0.551. The highest BCUT2D eigenvalue weighted by Crippen LogP contribution is 2.33. The minimum absolute atomic E-state index is 0.0249. The molecule has 42 heavy (non-hydrogen) atoms. The molecule has 4 N–H and O–H groups in total. The van der Waals surface area contributed by atoms with Crippen molar-refractivity contribution in [3.63, 3.8) is 0 Å². The van der Waals surface area contributed by atoms with E-state index in [1.54, 1.807) is 25.2 Å². The second-order valence-electron chi connectivity index (χ2n) is 9.94. The summed E-state index contributed by atoms with van der Waals surface area (Å²) < 4.78 is 7.66. The molecule has 15 heteroatoms. The largest absolute Gasteiger partial charge is 0.419 e. The normalized spacial score (nSPS) is 14.4. The molecule has 0 radical (unpaired) electrons. The maximum atomic E-state index is 13.5. The van der Waals surface area contributed by atoms with E-state index in [0.29, 0.717) is 23.3 Å². The van der Waals surface area contributed by atoms with Crippen molar-refractivity contribution in [3.05, 3.63) is 97.8 Å². The summed E-state index contributed by atoms with van der Waals surface area (Å²) in [5.74, 6) is -1.06. The fourth-order valence-corrected chi connectivity index (χ4v) is 5.29. The summed E-state index contributed by atoms with van der Waals surface area (Å²) in [6, 6.07) is 11.9. The number of H-pyrrole nitrogens is 2. The summed E-state index contributed by atoms with van der Waals surface area (Å²) in [6.45, 7) is 0.132. The molecule has 1 aliphatic carbocycles. The third-order valence-electron chi connectivity index (χ3n) is 7.41. The smallest absolute Gasteiger partial charge is 0.408 e.